The van der Waals surface area contributed by atoms with Crippen molar-refractivity contribution in [3.05, 3.63) is 29.0 Å². The molecule has 0 bridgehead atoms. The van der Waals surface area contributed by atoms with Gasteiger partial charge in [0.05, 0.1) is 5.69 Å². The normalized spacial score (nSPS) is 10.2. The maximum absolute atomic E-state index is 13.3. The van der Waals surface area contributed by atoms with Crippen LogP contribution >= 0.6 is 11.6 Å². The average Bonchev–Trinajstić information content (AvgIpc) is 2.23. The van der Waals surface area contributed by atoms with Crippen LogP contribution in [0.2, 0.25) is 5.02 Å². The molecule has 0 atom stereocenters. The lowest BCUT2D eigenvalue weighted by atomic mass is 10.2. The van der Waals surface area contributed by atoms with Gasteiger partial charge in [0, 0.05) is 11.4 Å². The zero-order valence-electron chi connectivity index (χ0n) is 9.02. The number of carbonyl (C=O) groups is 1. The van der Waals surface area contributed by atoms with E-state index in [0.717, 1.165) is 13.0 Å². The third kappa shape index (κ3) is 4.16. The monoisotopic (exact) mass is 244 g/mol. The molecular formula is C11H14ClFN2O. The van der Waals surface area contributed by atoms with Crippen molar-refractivity contribution in [1.29, 1.82) is 0 Å². The zero-order valence-corrected chi connectivity index (χ0v) is 9.77. The summed E-state index contributed by atoms with van der Waals surface area (Å²) in [6.45, 7) is 0.760. The molecule has 0 fully saturated rings. The van der Waals surface area contributed by atoms with E-state index < -0.39 is 5.82 Å². The predicted molar refractivity (Wildman–Crippen MR) is 63.2 cm³/mol. The van der Waals surface area contributed by atoms with Crippen molar-refractivity contribution in [2.45, 2.75) is 12.8 Å². The zero-order chi connectivity index (χ0) is 12.0. The molecule has 0 aliphatic heterocycles. The van der Waals surface area contributed by atoms with Crippen molar-refractivity contribution in [2.75, 3.05) is 18.9 Å². The second kappa shape index (κ2) is 6.45. The first-order valence-electron chi connectivity index (χ1n) is 5.03. The van der Waals surface area contributed by atoms with Gasteiger partial charge < -0.3 is 10.6 Å². The molecule has 88 valence electrons. The fourth-order valence-corrected chi connectivity index (χ4v) is 1.39. The fourth-order valence-electron chi connectivity index (χ4n) is 1.23. The number of amides is 1. The van der Waals surface area contributed by atoms with E-state index in [1.165, 1.54) is 18.2 Å². The molecule has 16 heavy (non-hydrogen) atoms. The summed E-state index contributed by atoms with van der Waals surface area (Å²) in [6.07, 6.45) is 1.08. The number of anilines is 1. The predicted octanol–water partition coefficient (Wildman–Crippen LogP) is 2.42. The highest BCUT2D eigenvalue weighted by Gasteiger charge is 2.06. The Morgan fingerprint density at radius 2 is 2.25 bits per heavy atom. The Hall–Kier alpha value is -1.13. The van der Waals surface area contributed by atoms with Crippen LogP contribution in [-0.4, -0.2) is 19.5 Å². The highest BCUT2D eigenvalue weighted by atomic mass is 35.5. The van der Waals surface area contributed by atoms with E-state index in [9.17, 15) is 9.18 Å². The van der Waals surface area contributed by atoms with Crippen LogP contribution in [0, 0.1) is 5.82 Å². The third-order valence-corrected chi connectivity index (χ3v) is 2.27. The smallest absolute Gasteiger partial charge is 0.224 e. The first-order valence-corrected chi connectivity index (χ1v) is 5.41. The van der Waals surface area contributed by atoms with Crippen LogP contribution in [0.3, 0.4) is 0 Å². The van der Waals surface area contributed by atoms with E-state index >= 15 is 0 Å². The number of halogens is 2. The van der Waals surface area contributed by atoms with Gasteiger partial charge in [0.15, 0.2) is 0 Å². The summed E-state index contributed by atoms with van der Waals surface area (Å²) in [6, 6.07) is 4.16. The van der Waals surface area contributed by atoms with Crippen molar-refractivity contribution in [3.63, 3.8) is 0 Å². The Kier molecular flexibility index (Phi) is 5.22. The molecule has 0 aromatic heterocycles. The van der Waals surface area contributed by atoms with Crippen molar-refractivity contribution in [3.8, 4) is 0 Å². The molecule has 5 heteroatoms. The van der Waals surface area contributed by atoms with E-state index in [1.54, 1.807) is 0 Å². The van der Waals surface area contributed by atoms with Gasteiger partial charge in [-0.15, -0.1) is 0 Å². The molecule has 0 aliphatic carbocycles. The number of hydrogen-bond donors (Lipinski definition) is 2. The Balaban J connectivity index is 2.49. The van der Waals surface area contributed by atoms with Crippen LogP contribution < -0.4 is 10.6 Å². The van der Waals surface area contributed by atoms with E-state index in [2.05, 4.69) is 10.6 Å². The summed E-state index contributed by atoms with van der Waals surface area (Å²) in [4.78, 5) is 11.4. The van der Waals surface area contributed by atoms with Crippen LogP contribution in [0.1, 0.15) is 12.8 Å². The van der Waals surface area contributed by atoms with Gasteiger partial charge >= 0.3 is 0 Å². The first-order chi connectivity index (χ1) is 7.63. The molecule has 0 saturated carbocycles. The van der Waals surface area contributed by atoms with Gasteiger partial charge in [-0.1, -0.05) is 11.6 Å². The second-order valence-corrected chi connectivity index (χ2v) is 3.82. The highest BCUT2D eigenvalue weighted by molar-refractivity contribution is 6.30. The minimum Gasteiger partial charge on any atom is -0.324 e. The molecule has 0 aliphatic rings. The van der Waals surface area contributed by atoms with Gasteiger partial charge in [-0.2, -0.15) is 0 Å². The minimum absolute atomic E-state index is 0.166. The first kappa shape index (κ1) is 12.9. The van der Waals surface area contributed by atoms with Crippen molar-refractivity contribution in [2.24, 2.45) is 0 Å². The summed E-state index contributed by atoms with van der Waals surface area (Å²) in [5.41, 5.74) is 0.166. The SMILES string of the molecule is CNCCCC(=O)Nc1ccc(Cl)cc1F. The summed E-state index contributed by atoms with van der Waals surface area (Å²) in [5.74, 6) is -0.717. The second-order valence-electron chi connectivity index (χ2n) is 3.38. The van der Waals surface area contributed by atoms with E-state index in [-0.39, 0.29) is 11.6 Å². The molecule has 1 aromatic rings. The van der Waals surface area contributed by atoms with E-state index in [1.807, 2.05) is 7.05 Å². The topological polar surface area (TPSA) is 41.1 Å². The number of benzene rings is 1. The maximum Gasteiger partial charge on any atom is 0.224 e. The van der Waals surface area contributed by atoms with Crippen LogP contribution in [0.15, 0.2) is 18.2 Å². The number of carbonyl (C=O) groups excluding carboxylic acids is 1. The molecular weight excluding hydrogens is 231 g/mol. The lowest BCUT2D eigenvalue weighted by molar-refractivity contribution is -0.116. The van der Waals surface area contributed by atoms with Crippen molar-refractivity contribution < 1.29 is 9.18 Å². The molecule has 1 aromatic carbocycles. The fraction of sp³-hybridized carbons (Fsp3) is 0.364. The molecule has 0 saturated heterocycles. The number of rotatable bonds is 5. The maximum atomic E-state index is 13.3. The largest absolute Gasteiger partial charge is 0.324 e. The Labute approximate surface area is 99.0 Å². The third-order valence-electron chi connectivity index (χ3n) is 2.04. The average molecular weight is 245 g/mol. The summed E-state index contributed by atoms with van der Waals surface area (Å²) >= 11 is 5.59. The molecule has 1 rings (SSSR count). The lowest BCUT2D eigenvalue weighted by Crippen LogP contribution is -2.15. The van der Waals surface area contributed by atoms with Crippen LogP contribution in [0.5, 0.6) is 0 Å². The molecule has 0 radical (unpaired) electrons. The Morgan fingerprint density at radius 3 is 2.88 bits per heavy atom. The summed E-state index contributed by atoms with van der Waals surface area (Å²) in [5, 5.41) is 5.74. The number of hydrogen-bond acceptors (Lipinski definition) is 2. The molecule has 2 N–H and O–H groups in total. The van der Waals surface area contributed by atoms with Crippen molar-refractivity contribution >= 4 is 23.2 Å². The van der Waals surface area contributed by atoms with E-state index in [4.69, 9.17) is 11.6 Å². The lowest BCUT2D eigenvalue weighted by Gasteiger charge is -2.06. The molecule has 0 unspecified atom stereocenters. The molecule has 1 amide bonds. The van der Waals surface area contributed by atoms with Crippen LogP contribution in [0.4, 0.5) is 10.1 Å². The van der Waals surface area contributed by atoms with Gasteiger partial charge in [-0.05, 0) is 38.2 Å². The molecule has 3 nitrogen and oxygen atoms in total. The highest BCUT2D eigenvalue weighted by Crippen LogP contribution is 2.18. The van der Waals surface area contributed by atoms with Gasteiger partial charge in [-0.25, -0.2) is 4.39 Å². The van der Waals surface area contributed by atoms with Gasteiger partial charge in [0.2, 0.25) is 5.91 Å². The number of nitrogens with one attached hydrogen (secondary N) is 2. The Bertz CT molecular complexity index is 371. The van der Waals surface area contributed by atoms with E-state index in [0.29, 0.717) is 11.4 Å². The Morgan fingerprint density at radius 1 is 1.50 bits per heavy atom. The van der Waals surface area contributed by atoms with Crippen molar-refractivity contribution in [1.82, 2.24) is 5.32 Å². The van der Waals surface area contributed by atoms with Crippen LogP contribution in [0.25, 0.3) is 0 Å². The van der Waals surface area contributed by atoms with Crippen LogP contribution in [-0.2, 0) is 4.79 Å². The summed E-state index contributed by atoms with van der Waals surface area (Å²) < 4.78 is 13.3. The quantitative estimate of drug-likeness (QED) is 0.781. The van der Waals surface area contributed by atoms with Gasteiger partial charge in [-0.3, -0.25) is 4.79 Å². The molecule has 0 spiro atoms. The standard InChI is InChI=1S/C11H14ClFN2O/c1-14-6-2-3-11(16)15-10-5-4-8(12)7-9(10)13/h4-5,7,14H,2-3,6H2,1H3,(H,15,16). The minimum atomic E-state index is -0.519. The summed E-state index contributed by atoms with van der Waals surface area (Å²) in [7, 11) is 1.82. The van der Waals surface area contributed by atoms with Gasteiger partial charge in [0.1, 0.15) is 5.82 Å². The van der Waals surface area contributed by atoms with Gasteiger partial charge in [0.25, 0.3) is 0 Å². The molecule has 0 heterocycles.